The van der Waals surface area contributed by atoms with Gasteiger partial charge in [0.15, 0.2) is 0 Å². The minimum Gasteiger partial charge on any atom is -0.495 e. The number of nitrogens with zero attached hydrogens (tertiary/aromatic N) is 2. The lowest BCUT2D eigenvalue weighted by Crippen LogP contribution is -2.54. The van der Waals surface area contributed by atoms with Crippen molar-refractivity contribution in [2.75, 3.05) is 52.2 Å². The Bertz CT molecular complexity index is 1700. The maximum absolute atomic E-state index is 13.8. The van der Waals surface area contributed by atoms with Crippen molar-refractivity contribution in [2.24, 2.45) is 23.7 Å². The highest BCUT2D eigenvalue weighted by molar-refractivity contribution is 6.31. The number of benzene rings is 2. The first-order valence-corrected chi connectivity index (χ1v) is 15.8. The lowest BCUT2D eigenvalue weighted by atomic mass is 9.79. The minimum atomic E-state index is -0.610. The van der Waals surface area contributed by atoms with E-state index in [1.54, 1.807) is 46.3 Å². The van der Waals surface area contributed by atoms with Gasteiger partial charge in [-0.05, 0) is 60.6 Å². The molecular weight excluding hydrogens is 612 g/mol. The normalized spacial score (nSPS) is 20.6. The highest BCUT2D eigenvalue weighted by Gasteiger charge is 2.48. The maximum Gasteiger partial charge on any atom is 0.254 e. The van der Waals surface area contributed by atoms with E-state index in [9.17, 15) is 24.0 Å². The second-order valence-electron chi connectivity index (χ2n) is 12.3. The molecule has 6 rings (SSSR count). The van der Waals surface area contributed by atoms with Crippen LogP contribution in [0.4, 0.5) is 5.69 Å². The van der Waals surface area contributed by atoms with Gasteiger partial charge in [0, 0.05) is 66.8 Å². The van der Waals surface area contributed by atoms with Gasteiger partial charge in [-0.15, -0.1) is 0 Å². The molecule has 12 nitrogen and oxygen atoms in total. The maximum atomic E-state index is 13.8. The van der Waals surface area contributed by atoms with E-state index in [0.717, 1.165) is 29.3 Å². The lowest BCUT2D eigenvalue weighted by molar-refractivity contribution is -0.139. The van der Waals surface area contributed by atoms with Crippen molar-refractivity contribution in [3.05, 3.63) is 58.7 Å². The fraction of sp³-hybridized carbons (Fsp3) is 0.424. The molecule has 0 bridgehead atoms. The summed E-state index contributed by atoms with van der Waals surface area (Å²) in [6.45, 7) is 1.09. The van der Waals surface area contributed by atoms with Crippen LogP contribution in [0.1, 0.15) is 28.8 Å². The molecule has 46 heavy (non-hydrogen) atoms. The van der Waals surface area contributed by atoms with Crippen LogP contribution < -0.4 is 20.7 Å². The first-order chi connectivity index (χ1) is 22.1. The summed E-state index contributed by atoms with van der Waals surface area (Å²) in [7, 11) is 2.98. The van der Waals surface area contributed by atoms with Crippen LogP contribution >= 0.6 is 11.6 Å². The predicted octanol–water partition coefficient (Wildman–Crippen LogP) is 2.43. The number of likely N-dealkylation sites (tertiary alicyclic amines) is 2. The molecule has 0 spiro atoms. The van der Waals surface area contributed by atoms with E-state index in [1.807, 2.05) is 6.07 Å². The molecule has 3 heterocycles. The van der Waals surface area contributed by atoms with E-state index in [2.05, 4.69) is 20.9 Å². The fourth-order valence-corrected chi connectivity index (χ4v) is 6.75. The topological polar surface area (TPSA) is 153 Å². The molecular formula is C33H37ClN6O6. The number of anilines is 1. The molecule has 0 radical (unpaired) electrons. The van der Waals surface area contributed by atoms with Crippen molar-refractivity contribution < 1.29 is 28.7 Å². The average molecular weight is 649 g/mol. The number of halogens is 1. The fourth-order valence-electron chi connectivity index (χ4n) is 6.58. The van der Waals surface area contributed by atoms with Crippen LogP contribution in [-0.2, 0) is 25.6 Å². The number of carbonyl (C=O) groups is 5. The zero-order valence-corrected chi connectivity index (χ0v) is 26.5. The first-order valence-electron chi connectivity index (χ1n) is 15.4. The van der Waals surface area contributed by atoms with Crippen LogP contribution in [0, 0.1) is 23.7 Å². The smallest absolute Gasteiger partial charge is 0.254 e. The first kappa shape index (κ1) is 31.4. The van der Waals surface area contributed by atoms with Crippen LogP contribution in [0.25, 0.3) is 10.9 Å². The zero-order valence-electron chi connectivity index (χ0n) is 25.7. The molecule has 3 atom stereocenters. The Labute approximate surface area is 271 Å². The van der Waals surface area contributed by atoms with Crippen LogP contribution in [0.3, 0.4) is 0 Å². The highest BCUT2D eigenvalue weighted by Crippen LogP contribution is 2.38. The van der Waals surface area contributed by atoms with Crippen molar-refractivity contribution >= 4 is 57.7 Å². The molecule has 3 unspecified atom stereocenters. The van der Waals surface area contributed by atoms with Gasteiger partial charge in [0.05, 0.1) is 31.7 Å². The minimum absolute atomic E-state index is 0.0216. The van der Waals surface area contributed by atoms with Crippen molar-refractivity contribution in [3.63, 3.8) is 0 Å². The van der Waals surface area contributed by atoms with E-state index < -0.39 is 5.92 Å². The Balaban J connectivity index is 1.19. The molecule has 4 N–H and O–H groups in total. The monoisotopic (exact) mass is 648 g/mol. The van der Waals surface area contributed by atoms with Gasteiger partial charge in [-0.1, -0.05) is 17.7 Å². The summed E-state index contributed by atoms with van der Waals surface area (Å²) in [5.74, 6) is -1.62. The average Bonchev–Trinajstić information content (AvgIpc) is 3.72. The summed E-state index contributed by atoms with van der Waals surface area (Å²) in [6, 6.07) is 10.4. The molecule has 2 aromatic carbocycles. The van der Waals surface area contributed by atoms with Crippen LogP contribution in [-0.4, -0.2) is 91.2 Å². The largest absolute Gasteiger partial charge is 0.495 e. The van der Waals surface area contributed by atoms with Gasteiger partial charge in [-0.25, -0.2) is 0 Å². The number of H-pyrrole nitrogens is 1. The van der Waals surface area contributed by atoms with Gasteiger partial charge in [-0.3, -0.25) is 24.0 Å². The number of amides is 5. The van der Waals surface area contributed by atoms with Gasteiger partial charge in [-0.2, -0.15) is 0 Å². The number of hydrogen-bond acceptors (Lipinski definition) is 6. The van der Waals surface area contributed by atoms with Crippen molar-refractivity contribution in [1.29, 1.82) is 0 Å². The Morgan fingerprint density at radius 2 is 1.76 bits per heavy atom. The number of fused-ring (bicyclic) bond motifs is 2. The number of rotatable bonds is 9. The summed E-state index contributed by atoms with van der Waals surface area (Å²) >= 11 is 6.13. The molecule has 1 saturated carbocycles. The third-order valence-electron chi connectivity index (χ3n) is 9.28. The lowest BCUT2D eigenvalue weighted by Gasteiger charge is -2.39. The standard InChI is InChI=1S/C33H37ClN6O6/c1-35-29(41)13-37-32(44)25-17-39(30(42)10-20-12-36-27-11-22(34)6-7-23(20)27)14-21-15-40(16-24(21)25)33(45)19-5-8-26(28(9-19)46-2)38-31(43)18-3-4-18/h5-9,11-12,18,21,24-25,36H,3-4,10,13-17H2,1-2H3,(H,35,41)(H,37,44)(H,38,43). The molecule has 1 aromatic heterocycles. The van der Waals surface area contributed by atoms with Gasteiger partial charge < -0.3 is 35.5 Å². The molecule has 5 amide bonds. The molecule has 2 aliphatic heterocycles. The van der Waals surface area contributed by atoms with E-state index in [1.165, 1.54) is 14.2 Å². The molecule has 3 fully saturated rings. The summed E-state index contributed by atoms with van der Waals surface area (Å²) in [6.07, 6.45) is 3.67. The molecule has 242 valence electrons. The summed E-state index contributed by atoms with van der Waals surface area (Å²) in [4.78, 5) is 71.7. The molecule has 2 saturated heterocycles. The zero-order chi connectivity index (χ0) is 32.5. The van der Waals surface area contributed by atoms with Crippen LogP contribution in [0.15, 0.2) is 42.6 Å². The number of likely N-dealkylation sites (N-methyl/N-ethyl adjacent to an activating group) is 1. The summed E-state index contributed by atoms with van der Waals surface area (Å²) in [5, 5.41) is 9.58. The van der Waals surface area contributed by atoms with Crippen LogP contribution in [0.2, 0.25) is 5.02 Å². The van der Waals surface area contributed by atoms with Crippen molar-refractivity contribution in [1.82, 2.24) is 25.4 Å². The number of aromatic amines is 1. The Morgan fingerprint density at radius 1 is 0.978 bits per heavy atom. The number of carbonyl (C=O) groups excluding carboxylic acids is 5. The quantitative estimate of drug-likeness (QED) is 0.280. The number of piperidine rings is 1. The van der Waals surface area contributed by atoms with E-state index in [-0.39, 0.29) is 66.8 Å². The van der Waals surface area contributed by atoms with Gasteiger partial charge in [0.2, 0.25) is 23.6 Å². The second kappa shape index (κ2) is 13.0. The Hall–Kier alpha value is -4.58. The SMILES string of the molecule is CNC(=O)CNC(=O)C1CN(C(=O)Cc2c[nH]c3cc(Cl)ccc23)CC2CN(C(=O)c3ccc(NC(=O)C4CC4)c(OC)c3)CC21. The third-order valence-corrected chi connectivity index (χ3v) is 9.52. The van der Waals surface area contributed by atoms with E-state index in [0.29, 0.717) is 41.7 Å². The van der Waals surface area contributed by atoms with E-state index in [4.69, 9.17) is 16.3 Å². The van der Waals surface area contributed by atoms with Gasteiger partial charge >= 0.3 is 0 Å². The van der Waals surface area contributed by atoms with Gasteiger partial charge in [0.25, 0.3) is 5.91 Å². The summed E-state index contributed by atoms with van der Waals surface area (Å²) < 4.78 is 5.49. The third kappa shape index (κ3) is 6.53. The number of nitrogens with one attached hydrogen (secondary N) is 4. The molecule has 3 aliphatic rings. The molecule has 13 heteroatoms. The van der Waals surface area contributed by atoms with Crippen molar-refractivity contribution in [3.8, 4) is 5.75 Å². The number of hydrogen-bond donors (Lipinski definition) is 4. The number of aromatic nitrogens is 1. The molecule has 3 aromatic rings. The summed E-state index contributed by atoms with van der Waals surface area (Å²) in [5.41, 5.74) is 2.56. The second-order valence-corrected chi connectivity index (χ2v) is 12.7. The Kier molecular flexibility index (Phi) is 8.90. The predicted molar refractivity (Wildman–Crippen MR) is 171 cm³/mol. The Morgan fingerprint density at radius 3 is 2.50 bits per heavy atom. The van der Waals surface area contributed by atoms with Gasteiger partial charge in [0.1, 0.15) is 5.75 Å². The number of methoxy groups -OCH3 is 1. The van der Waals surface area contributed by atoms with E-state index >= 15 is 0 Å². The highest BCUT2D eigenvalue weighted by atomic mass is 35.5. The number of ether oxygens (including phenoxy) is 1. The van der Waals surface area contributed by atoms with Crippen molar-refractivity contribution in [2.45, 2.75) is 19.3 Å². The molecule has 1 aliphatic carbocycles. The van der Waals surface area contributed by atoms with Crippen LogP contribution in [0.5, 0.6) is 5.75 Å².